The number of hydrogen-bond acceptors (Lipinski definition) is 5. The fourth-order valence-corrected chi connectivity index (χ4v) is 4.35. The van der Waals surface area contributed by atoms with Crippen LogP contribution in [0.15, 0.2) is 24.3 Å². The first-order valence-corrected chi connectivity index (χ1v) is 10.5. The molecule has 6 nitrogen and oxygen atoms in total. The molecule has 1 aromatic rings. The maximum atomic E-state index is 11.4. The largest absolute Gasteiger partial charge is 0.379 e. The lowest BCUT2D eigenvalue weighted by Gasteiger charge is -2.33. The Morgan fingerprint density at radius 1 is 1.33 bits per heavy atom. The van der Waals surface area contributed by atoms with Crippen LogP contribution in [0.2, 0.25) is 0 Å². The number of hydrogen-bond donors (Lipinski definition) is 3. The zero-order valence-electron chi connectivity index (χ0n) is 14.1. The summed E-state index contributed by atoms with van der Waals surface area (Å²) in [5.41, 5.74) is 1.70. The van der Waals surface area contributed by atoms with Gasteiger partial charge in [-0.25, -0.2) is 8.42 Å². The Morgan fingerprint density at radius 2 is 2.21 bits per heavy atom. The number of morpholine rings is 1. The quantitative estimate of drug-likeness (QED) is 0.718. The summed E-state index contributed by atoms with van der Waals surface area (Å²) < 4.78 is 30.8. The summed E-state index contributed by atoms with van der Waals surface area (Å²) in [6.45, 7) is 3.29. The average molecular weight is 353 g/mol. The maximum Gasteiger partial charge on any atom is 0.229 e. The first kappa shape index (κ1) is 17.7. The summed E-state index contributed by atoms with van der Waals surface area (Å²) in [6.07, 6.45) is 4.83. The molecule has 3 unspecified atom stereocenters. The lowest BCUT2D eigenvalue weighted by molar-refractivity contribution is 0.0524. The van der Waals surface area contributed by atoms with Crippen LogP contribution in [0.25, 0.3) is 0 Å². The Bertz CT molecular complexity index is 644. The Balaban J connectivity index is 1.57. The number of anilines is 1. The zero-order valence-corrected chi connectivity index (χ0v) is 14.9. The Kier molecular flexibility index (Phi) is 5.76. The van der Waals surface area contributed by atoms with Crippen LogP contribution in [0.4, 0.5) is 5.69 Å². The van der Waals surface area contributed by atoms with Crippen LogP contribution in [0.5, 0.6) is 0 Å². The first-order chi connectivity index (χ1) is 11.5. The fourth-order valence-electron chi connectivity index (χ4n) is 3.79. The molecule has 1 aromatic carbocycles. The van der Waals surface area contributed by atoms with Crippen molar-refractivity contribution < 1.29 is 13.2 Å². The van der Waals surface area contributed by atoms with E-state index in [9.17, 15) is 8.42 Å². The lowest BCUT2D eigenvalue weighted by Crippen LogP contribution is -2.50. The number of sulfonamides is 1. The maximum absolute atomic E-state index is 11.4. The van der Waals surface area contributed by atoms with Crippen LogP contribution in [0, 0.1) is 5.92 Å². The van der Waals surface area contributed by atoms with E-state index in [-0.39, 0.29) is 0 Å². The van der Waals surface area contributed by atoms with Gasteiger partial charge in [0, 0.05) is 30.9 Å². The highest BCUT2D eigenvalue weighted by molar-refractivity contribution is 7.92. The van der Waals surface area contributed by atoms with Crippen molar-refractivity contribution in [2.45, 2.75) is 37.9 Å². The molecule has 0 spiro atoms. The molecule has 0 amide bonds. The third-order valence-electron chi connectivity index (χ3n) is 4.84. The molecule has 3 N–H and O–H groups in total. The van der Waals surface area contributed by atoms with Gasteiger partial charge in [-0.2, -0.15) is 0 Å². The molecule has 0 aromatic heterocycles. The molecule has 7 heteroatoms. The van der Waals surface area contributed by atoms with Crippen molar-refractivity contribution in [2.24, 2.45) is 5.92 Å². The minimum atomic E-state index is -3.24. The molecule has 3 atom stereocenters. The van der Waals surface area contributed by atoms with Crippen LogP contribution in [0.1, 0.15) is 24.8 Å². The van der Waals surface area contributed by atoms with E-state index in [1.807, 2.05) is 18.2 Å². The van der Waals surface area contributed by atoms with Crippen molar-refractivity contribution in [2.75, 3.05) is 30.7 Å². The highest BCUT2D eigenvalue weighted by Gasteiger charge is 2.34. The van der Waals surface area contributed by atoms with E-state index < -0.39 is 10.0 Å². The van der Waals surface area contributed by atoms with Crippen molar-refractivity contribution in [3.8, 4) is 0 Å². The second-order valence-electron chi connectivity index (χ2n) is 6.79. The average Bonchev–Trinajstić information content (AvgIpc) is 3.01. The van der Waals surface area contributed by atoms with Gasteiger partial charge in [0.2, 0.25) is 10.0 Å². The van der Waals surface area contributed by atoms with E-state index in [0.29, 0.717) is 23.7 Å². The van der Waals surface area contributed by atoms with E-state index in [4.69, 9.17) is 4.74 Å². The number of benzene rings is 1. The molecule has 134 valence electrons. The molecule has 0 bridgehead atoms. The molecule has 1 saturated carbocycles. The van der Waals surface area contributed by atoms with E-state index >= 15 is 0 Å². The van der Waals surface area contributed by atoms with Crippen LogP contribution in [-0.2, 0) is 21.3 Å². The molecule has 2 aliphatic rings. The lowest BCUT2D eigenvalue weighted by atomic mass is 9.94. The smallest absolute Gasteiger partial charge is 0.229 e. The van der Waals surface area contributed by atoms with Crippen LogP contribution in [-0.4, -0.2) is 46.5 Å². The minimum Gasteiger partial charge on any atom is -0.379 e. The van der Waals surface area contributed by atoms with Crippen LogP contribution < -0.4 is 15.4 Å². The van der Waals surface area contributed by atoms with Gasteiger partial charge in [-0.05, 0) is 36.5 Å². The number of nitrogens with one attached hydrogen (secondary N) is 3. The van der Waals surface area contributed by atoms with Gasteiger partial charge < -0.3 is 15.4 Å². The van der Waals surface area contributed by atoms with Crippen molar-refractivity contribution in [1.29, 1.82) is 0 Å². The normalized spacial score (nSPS) is 28.0. The molecule has 1 saturated heterocycles. The number of ether oxygens (including phenoxy) is 1. The molecular formula is C17H27N3O3S. The molecule has 0 radical (unpaired) electrons. The van der Waals surface area contributed by atoms with E-state index in [0.717, 1.165) is 31.9 Å². The third kappa shape index (κ3) is 4.92. The van der Waals surface area contributed by atoms with Gasteiger partial charge >= 0.3 is 0 Å². The van der Waals surface area contributed by atoms with Crippen molar-refractivity contribution in [3.05, 3.63) is 29.8 Å². The molecule has 1 aliphatic carbocycles. The Morgan fingerprint density at radius 3 is 2.96 bits per heavy atom. The van der Waals surface area contributed by atoms with E-state index in [1.165, 1.54) is 25.5 Å². The van der Waals surface area contributed by atoms with Crippen molar-refractivity contribution in [3.63, 3.8) is 0 Å². The van der Waals surface area contributed by atoms with Crippen LogP contribution in [0.3, 0.4) is 0 Å². The van der Waals surface area contributed by atoms with Crippen molar-refractivity contribution >= 4 is 15.7 Å². The second-order valence-corrected chi connectivity index (χ2v) is 8.54. The molecule has 1 heterocycles. The monoisotopic (exact) mass is 353 g/mol. The molecule has 24 heavy (non-hydrogen) atoms. The highest BCUT2D eigenvalue weighted by atomic mass is 32.2. The summed E-state index contributed by atoms with van der Waals surface area (Å²) in [5, 5.41) is 7.24. The van der Waals surface area contributed by atoms with Gasteiger partial charge in [0.05, 0.1) is 19.5 Å². The summed E-state index contributed by atoms with van der Waals surface area (Å²) in [6, 6.07) is 8.49. The number of rotatable bonds is 6. The topological polar surface area (TPSA) is 79.5 Å². The van der Waals surface area contributed by atoms with Gasteiger partial charge in [-0.3, -0.25) is 4.72 Å². The summed E-state index contributed by atoms with van der Waals surface area (Å²) >= 11 is 0. The predicted molar refractivity (Wildman–Crippen MR) is 95.5 cm³/mol. The molecule has 3 rings (SSSR count). The minimum absolute atomic E-state index is 0.442. The Hall–Kier alpha value is -1.15. The molecule has 2 fully saturated rings. The molecule has 1 aliphatic heterocycles. The van der Waals surface area contributed by atoms with Crippen LogP contribution >= 0.6 is 0 Å². The fraction of sp³-hybridized carbons (Fsp3) is 0.647. The SMILES string of the molecule is CS(=O)(=O)Nc1cccc(CNC2CCCC2C2COCCN2)c1. The predicted octanol–water partition coefficient (Wildman–Crippen LogP) is 1.30. The first-order valence-electron chi connectivity index (χ1n) is 8.62. The van der Waals surface area contributed by atoms with Crippen molar-refractivity contribution in [1.82, 2.24) is 10.6 Å². The second kappa shape index (κ2) is 7.82. The van der Waals surface area contributed by atoms with Gasteiger partial charge in [-0.1, -0.05) is 18.6 Å². The Labute approximate surface area is 144 Å². The van der Waals surface area contributed by atoms with Gasteiger partial charge in [0.25, 0.3) is 0 Å². The third-order valence-corrected chi connectivity index (χ3v) is 5.44. The van der Waals surface area contributed by atoms with E-state index in [2.05, 4.69) is 15.4 Å². The highest BCUT2D eigenvalue weighted by Crippen LogP contribution is 2.29. The van der Waals surface area contributed by atoms with E-state index in [1.54, 1.807) is 6.07 Å². The zero-order chi connectivity index (χ0) is 17.0. The summed E-state index contributed by atoms with van der Waals surface area (Å²) in [7, 11) is -3.24. The van der Waals surface area contributed by atoms with Gasteiger partial charge in [-0.15, -0.1) is 0 Å². The standard InChI is InChI=1S/C17H27N3O3S/c1-24(21,22)20-14-5-2-4-13(10-14)11-19-16-7-3-6-15(16)17-12-23-9-8-18-17/h2,4-5,10,15-20H,3,6-9,11-12H2,1H3. The van der Waals surface area contributed by atoms with Gasteiger partial charge in [0.15, 0.2) is 0 Å². The van der Waals surface area contributed by atoms with Gasteiger partial charge in [0.1, 0.15) is 0 Å². The molecular weight excluding hydrogens is 326 g/mol. The summed E-state index contributed by atoms with van der Waals surface area (Å²) in [4.78, 5) is 0. The summed E-state index contributed by atoms with van der Waals surface area (Å²) in [5.74, 6) is 0.600.